The summed E-state index contributed by atoms with van der Waals surface area (Å²) in [5, 5.41) is 14.5. The first kappa shape index (κ1) is 13.0. The molecular weight excluding hydrogens is 301 g/mol. The number of nitrogens with one attached hydrogen (secondary N) is 1. The molecule has 0 aliphatic carbocycles. The molecule has 2 aromatic heterocycles. The first-order valence-electron chi connectivity index (χ1n) is 5.56. The van der Waals surface area contributed by atoms with Gasteiger partial charge in [0.2, 0.25) is 10.9 Å². The number of aromatic nitrogens is 4. The van der Waals surface area contributed by atoms with Crippen LogP contribution < -0.4 is 5.32 Å². The maximum Gasteiger partial charge on any atom is 0.235 e. The van der Waals surface area contributed by atoms with E-state index in [1.165, 1.54) is 53.7 Å². The molecule has 0 bridgehead atoms. The van der Waals surface area contributed by atoms with Crippen molar-refractivity contribution < 1.29 is 9.18 Å². The SMILES string of the molecule is O=C(CSc1nn2cnnc2s1)Nc1ccc(F)cc1. The van der Waals surface area contributed by atoms with Gasteiger partial charge in [-0.3, -0.25) is 4.79 Å². The molecule has 2 heterocycles. The molecule has 102 valence electrons. The fourth-order valence-corrected chi connectivity index (χ4v) is 3.12. The summed E-state index contributed by atoms with van der Waals surface area (Å²) >= 11 is 2.68. The van der Waals surface area contributed by atoms with Gasteiger partial charge in [0.1, 0.15) is 12.1 Å². The highest BCUT2D eigenvalue weighted by Gasteiger charge is 2.09. The van der Waals surface area contributed by atoms with Gasteiger partial charge in [-0.05, 0) is 24.3 Å². The van der Waals surface area contributed by atoms with Gasteiger partial charge in [-0.2, -0.15) is 4.52 Å². The minimum Gasteiger partial charge on any atom is -0.325 e. The molecule has 1 aromatic carbocycles. The first-order chi connectivity index (χ1) is 9.70. The molecule has 0 fully saturated rings. The van der Waals surface area contributed by atoms with Crippen molar-refractivity contribution in [2.45, 2.75) is 4.34 Å². The van der Waals surface area contributed by atoms with E-state index in [-0.39, 0.29) is 17.5 Å². The highest BCUT2D eigenvalue weighted by molar-refractivity contribution is 8.01. The summed E-state index contributed by atoms with van der Waals surface area (Å²) in [6.45, 7) is 0. The second-order valence-electron chi connectivity index (χ2n) is 3.77. The molecule has 0 saturated heterocycles. The van der Waals surface area contributed by atoms with Gasteiger partial charge in [-0.15, -0.1) is 15.3 Å². The normalized spacial score (nSPS) is 10.8. The monoisotopic (exact) mass is 309 g/mol. The molecule has 0 radical (unpaired) electrons. The molecular formula is C11H8FN5OS2. The zero-order valence-electron chi connectivity index (χ0n) is 9.99. The summed E-state index contributed by atoms with van der Waals surface area (Å²) in [6.07, 6.45) is 1.51. The third-order valence-electron chi connectivity index (χ3n) is 2.32. The Morgan fingerprint density at radius 3 is 2.95 bits per heavy atom. The average Bonchev–Trinajstić information content (AvgIpc) is 3.00. The summed E-state index contributed by atoms with van der Waals surface area (Å²) in [4.78, 5) is 12.4. The number of anilines is 1. The fraction of sp³-hybridized carbons (Fsp3) is 0.0909. The number of hydrogen-bond donors (Lipinski definition) is 1. The van der Waals surface area contributed by atoms with Crippen molar-refractivity contribution in [3.05, 3.63) is 36.4 Å². The van der Waals surface area contributed by atoms with Crippen LogP contribution in [0.1, 0.15) is 0 Å². The highest BCUT2D eigenvalue weighted by atomic mass is 32.2. The number of benzene rings is 1. The maximum atomic E-state index is 12.7. The molecule has 1 N–H and O–H groups in total. The Balaban J connectivity index is 1.56. The van der Waals surface area contributed by atoms with Crippen molar-refractivity contribution in [1.82, 2.24) is 19.8 Å². The van der Waals surface area contributed by atoms with Gasteiger partial charge in [-0.1, -0.05) is 23.1 Å². The van der Waals surface area contributed by atoms with Crippen molar-refractivity contribution >= 4 is 39.7 Å². The largest absolute Gasteiger partial charge is 0.325 e. The Labute approximate surface area is 121 Å². The molecule has 3 aromatic rings. The Morgan fingerprint density at radius 2 is 2.20 bits per heavy atom. The van der Waals surface area contributed by atoms with Crippen LogP contribution in [0.15, 0.2) is 34.9 Å². The fourth-order valence-electron chi connectivity index (χ4n) is 1.46. The lowest BCUT2D eigenvalue weighted by Gasteiger charge is -2.03. The van der Waals surface area contributed by atoms with Gasteiger partial charge in [-0.25, -0.2) is 4.39 Å². The molecule has 3 rings (SSSR count). The zero-order chi connectivity index (χ0) is 13.9. The van der Waals surface area contributed by atoms with E-state index < -0.39 is 0 Å². The molecule has 1 amide bonds. The number of thioether (sulfide) groups is 1. The van der Waals surface area contributed by atoms with E-state index in [0.29, 0.717) is 10.6 Å². The number of carbonyl (C=O) groups excluding carboxylic acids is 1. The average molecular weight is 309 g/mol. The zero-order valence-corrected chi connectivity index (χ0v) is 11.6. The summed E-state index contributed by atoms with van der Waals surface area (Å²) in [5.41, 5.74) is 0.565. The highest BCUT2D eigenvalue weighted by Crippen LogP contribution is 2.23. The standard InChI is InChI=1S/C11H8FN5OS2/c12-7-1-3-8(4-2-7)14-9(18)5-19-11-16-17-6-13-15-10(17)20-11/h1-4,6H,5H2,(H,14,18). The van der Waals surface area contributed by atoms with E-state index in [2.05, 4.69) is 20.6 Å². The lowest BCUT2D eigenvalue weighted by atomic mass is 10.3. The molecule has 0 aliphatic heterocycles. The van der Waals surface area contributed by atoms with Crippen molar-refractivity contribution in [3.63, 3.8) is 0 Å². The molecule has 0 unspecified atom stereocenters. The quantitative estimate of drug-likeness (QED) is 0.747. The van der Waals surface area contributed by atoms with Crippen LogP contribution in [0.4, 0.5) is 10.1 Å². The van der Waals surface area contributed by atoms with Crippen LogP contribution >= 0.6 is 23.1 Å². The number of halogens is 1. The third-order valence-corrected chi connectivity index (χ3v) is 4.37. The molecule has 0 aliphatic rings. The van der Waals surface area contributed by atoms with Crippen LogP contribution in [0.5, 0.6) is 0 Å². The summed E-state index contributed by atoms with van der Waals surface area (Å²) < 4.78 is 15.0. The van der Waals surface area contributed by atoms with Gasteiger partial charge in [0.05, 0.1) is 5.75 Å². The molecule has 0 saturated carbocycles. The van der Waals surface area contributed by atoms with Gasteiger partial charge in [0.25, 0.3) is 0 Å². The van der Waals surface area contributed by atoms with Gasteiger partial charge < -0.3 is 5.32 Å². The lowest BCUT2D eigenvalue weighted by molar-refractivity contribution is -0.113. The number of rotatable bonds is 4. The molecule has 0 spiro atoms. The lowest BCUT2D eigenvalue weighted by Crippen LogP contribution is -2.13. The Kier molecular flexibility index (Phi) is 3.61. The van der Waals surface area contributed by atoms with Gasteiger partial charge in [0, 0.05) is 5.69 Å². The predicted molar refractivity (Wildman–Crippen MR) is 74.4 cm³/mol. The number of nitrogens with zero attached hydrogens (tertiary/aromatic N) is 4. The Bertz CT molecular complexity index is 710. The van der Waals surface area contributed by atoms with Gasteiger partial charge in [0.15, 0.2) is 4.34 Å². The molecule has 0 atom stereocenters. The maximum absolute atomic E-state index is 12.7. The topological polar surface area (TPSA) is 72.2 Å². The van der Waals surface area contributed by atoms with Crippen molar-refractivity contribution in [2.75, 3.05) is 11.1 Å². The van der Waals surface area contributed by atoms with Crippen molar-refractivity contribution in [3.8, 4) is 0 Å². The van der Waals surface area contributed by atoms with Gasteiger partial charge >= 0.3 is 0 Å². The van der Waals surface area contributed by atoms with E-state index in [4.69, 9.17) is 0 Å². The summed E-state index contributed by atoms with van der Waals surface area (Å²) in [5.74, 6) is -0.286. The molecule has 9 heteroatoms. The molecule has 20 heavy (non-hydrogen) atoms. The van der Waals surface area contributed by atoms with E-state index >= 15 is 0 Å². The van der Waals surface area contributed by atoms with Crippen LogP contribution in [0.25, 0.3) is 4.96 Å². The summed E-state index contributed by atoms with van der Waals surface area (Å²) in [6, 6.07) is 5.62. The van der Waals surface area contributed by atoms with E-state index in [9.17, 15) is 9.18 Å². The second-order valence-corrected chi connectivity index (χ2v) is 5.95. The minimum atomic E-state index is -0.336. The van der Waals surface area contributed by atoms with Crippen LogP contribution in [0, 0.1) is 5.82 Å². The van der Waals surface area contributed by atoms with E-state index in [1.807, 2.05) is 0 Å². The predicted octanol–water partition coefficient (Wildman–Crippen LogP) is 2.06. The molecule has 6 nitrogen and oxygen atoms in total. The smallest absolute Gasteiger partial charge is 0.235 e. The van der Waals surface area contributed by atoms with Crippen molar-refractivity contribution in [2.24, 2.45) is 0 Å². The minimum absolute atomic E-state index is 0.174. The number of amides is 1. The van der Waals surface area contributed by atoms with Crippen LogP contribution in [0.3, 0.4) is 0 Å². The van der Waals surface area contributed by atoms with Crippen LogP contribution in [-0.2, 0) is 4.79 Å². The van der Waals surface area contributed by atoms with Crippen LogP contribution in [-0.4, -0.2) is 31.5 Å². The summed E-state index contributed by atoms with van der Waals surface area (Å²) in [7, 11) is 0. The first-order valence-corrected chi connectivity index (χ1v) is 7.36. The second kappa shape index (κ2) is 5.55. The van der Waals surface area contributed by atoms with Crippen molar-refractivity contribution in [1.29, 1.82) is 0 Å². The van der Waals surface area contributed by atoms with E-state index in [0.717, 1.165) is 4.34 Å². The third kappa shape index (κ3) is 2.94. The Morgan fingerprint density at radius 1 is 1.40 bits per heavy atom. The number of fused-ring (bicyclic) bond motifs is 1. The van der Waals surface area contributed by atoms with E-state index in [1.54, 1.807) is 4.52 Å². The van der Waals surface area contributed by atoms with Crippen LogP contribution in [0.2, 0.25) is 0 Å². The Hall–Kier alpha value is -2.00. The number of hydrogen-bond acceptors (Lipinski definition) is 6. The number of carbonyl (C=O) groups is 1.